The fourth-order valence-corrected chi connectivity index (χ4v) is 15.5. The van der Waals surface area contributed by atoms with Crippen LogP contribution in [-0.4, -0.2) is 55.0 Å². The predicted octanol–water partition coefficient (Wildman–Crippen LogP) is 24.6. The number of halogens is 21. The fourth-order valence-electron chi connectivity index (χ4n) is 15.5. The molecule has 6 amide bonds. The van der Waals surface area contributed by atoms with Crippen molar-refractivity contribution in [3.63, 3.8) is 0 Å². The maximum absolute atomic E-state index is 14.9. The molecule has 13 nitrogen and oxygen atoms in total. The summed E-state index contributed by atoms with van der Waals surface area (Å²) in [4.78, 5) is 52.2. The van der Waals surface area contributed by atoms with E-state index in [1.54, 1.807) is 72.8 Å². The summed E-state index contributed by atoms with van der Waals surface area (Å²) in [7, 11) is 0. The van der Waals surface area contributed by atoms with Crippen molar-refractivity contribution in [1.82, 2.24) is 26.6 Å². The van der Waals surface area contributed by atoms with Gasteiger partial charge in [-0.2, -0.15) is 39.5 Å². The van der Waals surface area contributed by atoms with Gasteiger partial charge >= 0.3 is 49.7 Å². The molecule has 0 spiro atoms. The number of carbonyl (C=O) groups is 4. The van der Waals surface area contributed by atoms with E-state index in [4.69, 9.17) is 0 Å². The Hall–Kier alpha value is -13.2. The summed E-state index contributed by atoms with van der Waals surface area (Å²) in [6, 6.07) is 58.4. The lowest BCUT2D eigenvalue weighted by molar-refractivity contribution is -0.275. The van der Waals surface area contributed by atoms with E-state index in [0.717, 1.165) is 135 Å². The molecule has 128 heavy (non-hydrogen) atoms. The number of anilines is 1. The van der Waals surface area contributed by atoms with Crippen molar-refractivity contribution in [1.29, 1.82) is 0 Å². The first-order valence-corrected chi connectivity index (χ1v) is 39.6. The van der Waals surface area contributed by atoms with Crippen molar-refractivity contribution in [2.24, 2.45) is 0 Å². The minimum Gasteiger partial charge on any atom is -0.406 e. The molecule has 13 rings (SSSR count). The van der Waals surface area contributed by atoms with Crippen LogP contribution in [0.4, 0.5) is 107 Å². The van der Waals surface area contributed by atoms with Crippen LogP contribution in [0.1, 0.15) is 142 Å². The average Bonchev–Trinajstić information content (AvgIpc) is 0.905. The van der Waals surface area contributed by atoms with E-state index in [2.05, 4.69) is 46.1 Å². The van der Waals surface area contributed by atoms with Crippen LogP contribution in [-0.2, 0) is 59.2 Å². The molecule has 11 aromatic carbocycles. The van der Waals surface area contributed by atoms with Gasteiger partial charge < -0.3 is 46.1 Å². The van der Waals surface area contributed by atoms with Gasteiger partial charge in [0.05, 0.1) is 39.0 Å². The van der Waals surface area contributed by atoms with E-state index in [1.807, 2.05) is 72.8 Å². The van der Waals surface area contributed by atoms with Gasteiger partial charge in [-0.3, -0.25) is 9.59 Å². The summed E-state index contributed by atoms with van der Waals surface area (Å²) in [5, 5.41) is 16.2. The van der Waals surface area contributed by atoms with Crippen LogP contribution in [0.2, 0.25) is 0 Å². The summed E-state index contributed by atoms with van der Waals surface area (Å²) < 4.78 is 299. The highest BCUT2D eigenvalue weighted by Crippen LogP contribution is 2.46. The van der Waals surface area contributed by atoms with Crippen molar-refractivity contribution in [2.75, 3.05) is 5.32 Å². The van der Waals surface area contributed by atoms with Gasteiger partial charge in [-0.15, -0.1) is 39.5 Å². The van der Waals surface area contributed by atoms with E-state index in [0.29, 0.717) is 47.7 Å². The number of carbonyl (C=O) groups excluding carboxylic acids is 4. The summed E-state index contributed by atoms with van der Waals surface area (Å²) in [5.41, 5.74) is -7.34. The van der Waals surface area contributed by atoms with Gasteiger partial charge in [-0.25, -0.2) is 22.8 Å². The zero-order valence-corrected chi connectivity index (χ0v) is 67.3. The van der Waals surface area contributed by atoms with E-state index in [-0.39, 0.29) is 83.4 Å². The molecule has 2 fully saturated rings. The second-order valence-corrected chi connectivity index (χ2v) is 30.3. The Morgan fingerprint density at radius 2 is 0.750 bits per heavy atom. The van der Waals surface area contributed by atoms with Crippen LogP contribution in [0.3, 0.4) is 0 Å². The molecule has 2 aliphatic rings. The summed E-state index contributed by atoms with van der Waals surface area (Å²) in [5.74, 6) is -8.30. The molecule has 2 unspecified atom stereocenters. The van der Waals surface area contributed by atoms with E-state index in [9.17, 15) is 111 Å². The third-order valence-corrected chi connectivity index (χ3v) is 21.2. The number of aryl methyl sites for hydroxylation is 1. The van der Waals surface area contributed by atoms with Gasteiger partial charge in [-0.1, -0.05) is 202 Å². The Balaban J connectivity index is 0.000000186. The molecule has 674 valence electrons. The second kappa shape index (κ2) is 40.2. The lowest BCUT2D eigenvalue weighted by Gasteiger charge is -2.37. The Labute approximate surface area is 719 Å². The number of rotatable bonds is 24. The average molecular weight is 1800 g/mol. The van der Waals surface area contributed by atoms with Gasteiger partial charge in [0, 0.05) is 37.4 Å². The lowest BCUT2D eigenvalue weighted by atomic mass is 9.77. The molecule has 0 radical (unpaired) electrons. The molecule has 0 heterocycles. The van der Waals surface area contributed by atoms with Crippen molar-refractivity contribution in [3.8, 4) is 28.4 Å². The highest BCUT2D eigenvalue weighted by molar-refractivity contribution is 5.95. The zero-order valence-electron chi connectivity index (χ0n) is 67.3. The number of hydrogen-bond donors (Lipinski definition) is 6. The fraction of sp³-hybridized carbons (Fsp3) is 0.255. The maximum Gasteiger partial charge on any atom is 0.573 e. The van der Waals surface area contributed by atoms with E-state index < -0.39 is 135 Å². The third kappa shape index (κ3) is 26.0. The number of nitrogens with one attached hydrogen (secondary N) is 6. The standard InChI is InChI=1S/C33H30F4N2O.C31H21F10NO3.C30H28F7N3O3/c34-29-20-27(19-28(21-29)33(35,36)37)32(22-23-9-3-1-4-10-23,39-31(40)38-30-13-7-8-14-30)26-17-15-25(16-18-26)24-11-5-2-6-12-24;32-26-13-12-20(16-25(26)29(33,34)35)27(43)42-28(15-14-19-6-2-1-3-7-19,21-8-4-10-23(17-21)44-30(36,37)38)22-9-5-11-24(18-22)45-31(39,40)41;1-18(41)38-25-12-11-20(16-26(25)43-30(35,36)37)28(17-19-7-3-2-4-8-19,40-27(42)39-24-9-5-6-10-24)21-13-22(29(32,33)34)15-23(31)14-21/h1-6,9-12,15-21,30H,7-8,13-14,22H2,(H2,38,39,40);1-13,16-18H,14-15H2,(H,42,43);2-4,7-8,11-16,24H,5-6,9-10,17H2,1H3,(H,38,41)(H2,39,40,42). The minimum absolute atomic E-state index is 0.0118. The van der Waals surface area contributed by atoms with Crippen LogP contribution in [0.5, 0.6) is 17.2 Å². The van der Waals surface area contributed by atoms with Crippen LogP contribution in [0.25, 0.3) is 11.1 Å². The number of alkyl halides is 18. The molecule has 0 aliphatic heterocycles. The second-order valence-electron chi connectivity index (χ2n) is 30.3. The van der Waals surface area contributed by atoms with Crippen molar-refractivity contribution in [3.05, 3.63) is 357 Å². The molecule has 0 saturated heterocycles. The minimum atomic E-state index is -5.22. The zero-order chi connectivity index (χ0) is 92.6. The Bertz CT molecular complexity index is 5560. The van der Waals surface area contributed by atoms with Crippen LogP contribution >= 0.6 is 0 Å². The first kappa shape index (κ1) is 95.5. The molecule has 6 N–H and O–H groups in total. The normalized spacial score (nSPS) is 14.4. The van der Waals surface area contributed by atoms with Gasteiger partial charge in [-0.05, 0) is 191 Å². The van der Waals surface area contributed by atoms with E-state index >= 15 is 0 Å². The number of urea groups is 2. The Kier molecular flexibility index (Phi) is 30.0. The first-order chi connectivity index (χ1) is 60.3. The van der Waals surface area contributed by atoms with Crippen molar-refractivity contribution >= 4 is 29.6 Å². The number of ether oxygens (including phenoxy) is 3. The monoisotopic (exact) mass is 1800 g/mol. The topological polar surface area (TPSA) is 168 Å². The molecule has 2 aliphatic carbocycles. The molecule has 2 atom stereocenters. The predicted molar refractivity (Wildman–Crippen MR) is 432 cm³/mol. The maximum atomic E-state index is 14.9. The Morgan fingerprint density at radius 1 is 0.352 bits per heavy atom. The lowest BCUT2D eigenvalue weighted by Crippen LogP contribution is -2.53. The highest BCUT2D eigenvalue weighted by atomic mass is 19.4. The molecule has 2 saturated carbocycles. The number of benzene rings is 11. The largest absolute Gasteiger partial charge is 0.573 e. The van der Waals surface area contributed by atoms with Crippen LogP contribution in [0.15, 0.2) is 267 Å². The van der Waals surface area contributed by atoms with E-state index in [1.165, 1.54) is 18.2 Å². The quantitative estimate of drug-likeness (QED) is 0.0327. The summed E-state index contributed by atoms with van der Waals surface area (Å²) in [6.07, 6.45) is -24.1. The van der Waals surface area contributed by atoms with Crippen LogP contribution < -0.4 is 46.1 Å². The molecule has 0 bridgehead atoms. The van der Waals surface area contributed by atoms with Gasteiger partial charge in [0.2, 0.25) is 5.91 Å². The molecule has 0 aromatic heterocycles. The highest BCUT2D eigenvalue weighted by Gasteiger charge is 2.46. The van der Waals surface area contributed by atoms with Gasteiger partial charge in [0.1, 0.15) is 29.0 Å². The summed E-state index contributed by atoms with van der Waals surface area (Å²) >= 11 is 0. The SMILES string of the molecule is CC(=O)Nc1ccc(C(Cc2ccccc2)(NC(=O)NC2CCCC2)c2cc(F)cc(C(F)(F)F)c2)cc1OC(F)(F)F.O=C(NC(CCc1ccccc1)(c1cccc(OC(F)(F)F)c1)c1cccc(OC(F)(F)F)c1)c1ccc(F)c(C(F)(F)F)c1.O=C(NC1CCCC1)NC(Cc1ccccc1)(c1ccc(-c2ccccc2)cc1)c1cc(F)cc(C(F)(F)F)c1. The number of hydrogen-bond acceptors (Lipinski definition) is 7. The third-order valence-electron chi connectivity index (χ3n) is 21.2. The molecular weight excluding hydrogens is 1720 g/mol. The molecule has 11 aromatic rings. The van der Waals surface area contributed by atoms with Crippen molar-refractivity contribution in [2.45, 2.75) is 150 Å². The summed E-state index contributed by atoms with van der Waals surface area (Å²) in [6.45, 7) is 1.06. The van der Waals surface area contributed by atoms with Gasteiger partial charge in [0.15, 0.2) is 5.75 Å². The molecule has 34 heteroatoms. The Morgan fingerprint density at radius 3 is 1.17 bits per heavy atom. The first-order valence-electron chi connectivity index (χ1n) is 39.6. The van der Waals surface area contributed by atoms with Crippen molar-refractivity contribution < 1.29 is 126 Å². The molecular formula is C94H79F21N6O7. The van der Waals surface area contributed by atoms with Gasteiger partial charge in [0.25, 0.3) is 5.91 Å². The number of amides is 6. The smallest absolute Gasteiger partial charge is 0.406 e. The van der Waals surface area contributed by atoms with Crippen LogP contribution in [0, 0.1) is 17.5 Å².